The van der Waals surface area contributed by atoms with Crippen LogP contribution in [0.25, 0.3) is 0 Å². The van der Waals surface area contributed by atoms with Crippen LogP contribution in [-0.2, 0) is 0 Å². The summed E-state index contributed by atoms with van der Waals surface area (Å²) in [4.78, 5) is 16.4. The zero-order valence-electron chi connectivity index (χ0n) is 11.5. The van der Waals surface area contributed by atoms with E-state index >= 15 is 0 Å². The van der Waals surface area contributed by atoms with Crippen LogP contribution < -0.4 is 10.1 Å². The monoisotopic (exact) mass is 292 g/mol. The highest BCUT2D eigenvalue weighted by atomic mass is 32.1. The molecule has 1 aromatic carbocycles. The minimum absolute atomic E-state index is 0.158. The van der Waals surface area contributed by atoms with Crippen molar-refractivity contribution in [1.82, 2.24) is 4.98 Å². The number of carbonyl (C=O) groups excluding carboxylic acids is 1. The highest BCUT2D eigenvalue weighted by Crippen LogP contribution is 2.30. The van der Waals surface area contributed by atoms with Gasteiger partial charge in [0.1, 0.15) is 0 Å². The predicted molar refractivity (Wildman–Crippen MR) is 78.8 cm³/mol. The summed E-state index contributed by atoms with van der Waals surface area (Å²) in [7, 11) is 1.44. The second-order valence-corrected chi connectivity index (χ2v) is 5.40. The maximum Gasteiger partial charge on any atom is 0.261 e. The van der Waals surface area contributed by atoms with Crippen molar-refractivity contribution < 1.29 is 14.6 Å². The van der Waals surface area contributed by atoms with Crippen LogP contribution in [0.15, 0.2) is 23.6 Å². The molecule has 0 aliphatic heterocycles. The molecule has 20 heavy (non-hydrogen) atoms. The molecular weight excluding hydrogens is 276 g/mol. The number of thiazole rings is 1. The third-order valence-electron chi connectivity index (χ3n) is 2.80. The number of amides is 1. The van der Waals surface area contributed by atoms with Crippen molar-refractivity contribution >= 4 is 22.4 Å². The Kier molecular flexibility index (Phi) is 4.24. The summed E-state index contributed by atoms with van der Waals surface area (Å²) in [6, 6.07) is 4.77. The van der Waals surface area contributed by atoms with Gasteiger partial charge in [-0.3, -0.25) is 10.1 Å². The lowest BCUT2D eigenvalue weighted by Crippen LogP contribution is -2.12. The molecule has 2 rings (SSSR count). The van der Waals surface area contributed by atoms with Crippen molar-refractivity contribution in [3.63, 3.8) is 0 Å². The maximum atomic E-state index is 12.1. The number of benzene rings is 1. The lowest BCUT2D eigenvalue weighted by Gasteiger charge is -2.08. The van der Waals surface area contributed by atoms with E-state index in [4.69, 9.17) is 4.74 Å². The molecule has 0 bridgehead atoms. The van der Waals surface area contributed by atoms with E-state index in [1.807, 2.05) is 19.2 Å². The second kappa shape index (κ2) is 5.92. The number of aromatic nitrogens is 1. The molecule has 106 valence electrons. The molecule has 2 aromatic rings. The van der Waals surface area contributed by atoms with Crippen molar-refractivity contribution in [2.75, 3.05) is 12.4 Å². The highest BCUT2D eigenvalue weighted by molar-refractivity contribution is 7.14. The van der Waals surface area contributed by atoms with Gasteiger partial charge in [-0.15, -0.1) is 11.3 Å². The minimum atomic E-state index is -0.411. The molecule has 1 heterocycles. The van der Waals surface area contributed by atoms with Gasteiger partial charge in [0.2, 0.25) is 0 Å². The molecule has 1 aromatic heterocycles. The standard InChI is InChI=1S/C14H16N2O3S/c1-8(2)10-7-20-14(15-10)16-13(18)9-5-4-6-11(19-3)12(9)17/h4-8,17H,1-3H3,(H,15,16,18). The van der Waals surface area contributed by atoms with Crippen LogP contribution in [0.3, 0.4) is 0 Å². The van der Waals surface area contributed by atoms with Gasteiger partial charge in [-0.1, -0.05) is 19.9 Å². The van der Waals surface area contributed by atoms with Crippen molar-refractivity contribution in [2.24, 2.45) is 0 Å². The fourth-order valence-electron chi connectivity index (χ4n) is 1.64. The molecule has 0 radical (unpaired) electrons. The van der Waals surface area contributed by atoms with E-state index in [0.717, 1.165) is 5.69 Å². The number of ether oxygens (including phenoxy) is 1. The zero-order chi connectivity index (χ0) is 14.7. The molecule has 0 unspecified atom stereocenters. The number of carbonyl (C=O) groups is 1. The number of rotatable bonds is 4. The summed E-state index contributed by atoms with van der Waals surface area (Å²) in [5.41, 5.74) is 1.09. The molecule has 6 heteroatoms. The molecule has 0 fully saturated rings. The lowest BCUT2D eigenvalue weighted by molar-refractivity contribution is 0.102. The zero-order valence-corrected chi connectivity index (χ0v) is 12.3. The summed E-state index contributed by atoms with van der Waals surface area (Å²) in [5, 5.41) is 15.0. The number of anilines is 1. The van der Waals surface area contributed by atoms with Crippen LogP contribution in [-0.4, -0.2) is 23.1 Å². The number of hydrogen-bond donors (Lipinski definition) is 2. The number of methoxy groups -OCH3 is 1. The third kappa shape index (κ3) is 2.91. The van der Waals surface area contributed by atoms with E-state index in [9.17, 15) is 9.90 Å². The summed E-state index contributed by atoms with van der Waals surface area (Å²) < 4.78 is 4.98. The van der Waals surface area contributed by atoms with Gasteiger partial charge in [0.15, 0.2) is 16.6 Å². The normalized spacial score (nSPS) is 10.6. The lowest BCUT2D eigenvalue weighted by atomic mass is 10.1. The summed E-state index contributed by atoms with van der Waals surface area (Å²) in [6.07, 6.45) is 0. The van der Waals surface area contributed by atoms with Gasteiger partial charge in [0, 0.05) is 5.38 Å². The summed E-state index contributed by atoms with van der Waals surface area (Å²) in [6.45, 7) is 4.07. The average Bonchev–Trinajstić information content (AvgIpc) is 2.87. The summed E-state index contributed by atoms with van der Waals surface area (Å²) >= 11 is 1.36. The van der Waals surface area contributed by atoms with Gasteiger partial charge in [-0.25, -0.2) is 4.98 Å². The van der Waals surface area contributed by atoms with Gasteiger partial charge in [-0.05, 0) is 18.1 Å². The van der Waals surface area contributed by atoms with Gasteiger partial charge in [0.25, 0.3) is 5.91 Å². The van der Waals surface area contributed by atoms with Crippen LogP contribution >= 0.6 is 11.3 Å². The van der Waals surface area contributed by atoms with E-state index in [-0.39, 0.29) is 17.1 Å². The first kappa shape index (κ1) is 14.3. The molecule has 0 spiro atoms. The molecule has 2 N–H and O–H groups in total. The maximum absolute atomic E-state index is 12.1. The number of aromatic hydroxyl groups is 1. The quantitative estimate of drug-likeness (QED) is 0.907. The Hall–Kier alpha value is -2.08. The van der Waals surface area contributed by atoms with Crippen molar-refractivity contribution in [2.45, 2.75) is 19.8 Å². The van der Waals surface area contributed by atoms with E-state index in [1.54, 1.807) is 12.1 Å². The topological polar surface area (TPSA) is 71.5 Å². The Labute approximate surface area is 121 Å². The number of para-hydroxylation sites is 1. The Morgan fingerprint density at radius 1 is 1.45 bits per heavy atom. The van der Waals surface area contributed by atoms with Crippen molar-refractivity contribution in [3.05, 3.63) is 34.8 Å². The molecule has 0 aliphatic carbocycles. The van der Waals surface area contributed by atoms with Crippen LogP contribution in [0.5, 0.6) is 11.5 Å². The number of phenols is 1. The van der Waals surface area contributed by atoms with E-state index in [2.05, 4.69) is 10.3 Å². The fourth-order valence-corrected chi connectivity index (χ4v) is 2.51. The largest absolute Gasteiger partial charge is 0.504 e. The van der Waals surface area contributed by atoms with Crippen LogP contribution in [0.2, 0.25) is 0 Å². The van der Waals surface area contributed by atoms with E-state index < -0.39 is 5.91 Å². The Morgan fingerprint density at radius 3 is 2.80 bits per heavy atom. The van der Waals surface area contributed by atoms with Gasteiger partial charge < -0.3 is 9.84 Å². The summed E-state index contributed by atoms with van der Waals surface area (Å²) in [5.74, 6) is -0.0130. The molecule has 0 atom stereocenters. The Morgan fingerprint density at radius 2 is 2.20 bits per heavy atom. The van der Waals surface area contributed by atoms with Crippen molar-refractivity contribution in [1.29, 1.82) is 0 Å². The molecule has 5 nitrogen and oxygen atoms in total. The fraction of sp³-hybridized carbons (Fsp3) is 0.286. The Balaban J connectivity index is 2.19. The molecule has 1 amide bonds. The first-order valence-corrected chi connectivity index (χ1v) is 7.03. The van der Waals surface area contributed by atoms with Gasteiger partial charge in [-0.2, -0.15) is 0 Å². The van der Waals surface area contributed by atoms with Crippen LogP contribution in [0.4, 0.5) is 5.13 Å². The third-order valence-corrected chi connectivity index (χ3v) is 3.57. The molecule has 0 saturated carbocycles. The van der Waals surface area contributed by atoms with Crippen molar-refractivity contribution in [3.8, 4) is 11.5 Å². The SMILES string of the molecule is COc1cccc(C(=O)Nc2nc(C(C)C)cs2)c1O. The van der Waals surface area contributed by atoms with Gasteiger partial charge in [0.05, 0.1) is 18.4 Å². The first-order valence-electron chi connectivity index (χ1n) is 6.15. The van der Waals surface area contributed by atoms with Crippen LogP contribution in [0.1, 0.15) is 35.8 Å². The highest BCUT2D eigenvalue weighted by Gasteiger charge is 2.16. The van der Waals surface area contributed by atoms with Crippen LogP contribution in [0, 0.1) is 0 Å². The average molecular weight is 292 g/mol. The van der Waals surface area contributed by atoms with Gasteiger partial charge >= 0.3 is 0 Å². The Bertz CT molecular complexity index is 623. The molecule has 0 aliphatic rings. The van der Waals surface area contributed by atoms with E-state index in [1.165, 1.54) is 24.5 Å². The number of nitrogens with zero attached hydrogens (tertiary/aromatic N) is 1. The smallest absolute Gasteiger partial charge is 0.261 e. The molecular formula is C14H16N2O3S. The van der Waals surface area contributed by atoms with E-state index in [0.29, 0.717) is 11.0 Å². The molecule has 0 saturated heterocycles. The minimum Gasteiger partial charge on any atom is -0.504 e. The number of nitrogens with one attached hydrogen (secondary N) is 1. The number of phenolic OH excluding ortho intramolecular Hbond substituents is 1. The predicted octanol–water partition coefficient (Wildman–Crippen LogP) is 3.23. The number of hydrogen-bond acceptors (Lipinski definition) is 5. The second-order valence-electron chi connectivity index (χ2n) is 4.54. The first-order chi connectivity index (χ1) is 9.52.